The Kier molecular flexibility index (Phi) is 6.79. The van der Waals surface area contributed by atoms with Crippen LogP contribution in [0.2, 0.25) is 0 Å². The largest absolute Gasteiger partial charge is 0.311 e. The molecule has 0 saturated heterocycles. The first-order valence-corrected chi connectivity index (χ1v) is 11.8. The van der Waals surface area contributed by atoms with Crippen LogP contribution in [0.15, 0.2) is 91.0 Å². The summed E-state index contributed by atoms with van der Waals surface area (Å²) in [5, 5.41) is 0. The number of benzene rings is 4. The summed E-state index contributed by atoms with van der Waals surface area (Å²) in [6.45, 7) is 10.8. The van der Waals surface area contributed by atoms with Crippen LogP contribution in [-0.4, -0.2) is 0 Å². The lowest BCUT2D eigenvalue weighted by Gasteiger charge is -2.26. The summed E-state index contributed by atoms with van der Waals surface area (Å²) < 4.78 is 0. The molecule has 0 aliphatic heterocycles. The standard InChI is InChI=1S/C32H33N/c1-6-27-21-25(4)7-12-29(27)22-26(5)28-13-19-32(20-14-28)33(30-15-8-23(2)9-16-30)31-17-10-24(3)11-18-31/h7-22H,6H2,1-5H3. The van der Waals surface area contributed by atoms with E-state index in [4.69, 9.17) is 0 Å². The molecule has 0 aromatic heterocycles. The molecular weight excluding hydrogens is 398 g/mol. The minimum atomic E-state index is 1.04. The minimum absolute atomic E-state index is 1.04. The van der Waals surface area contributed by atoms with Gasteiger partial charge in [-0.3, -0.25) is 0 Å². The molecule has 0 atom stereocenters. The predicted octanol–water partition coefficient (Wildman–Crippen LogP) is 9.20. The van der Waals surface area contributed by atoms with E-state index in [-0.39, 0.29) is 0 Å². The van der Waals surface area contributed by atoms with Crippen molar-refractivity contribution < 1.29 is 0 Å². The summed E-state index contributed by atoms with van der Waals surface area (Å²) in [4.78, 5) is 2.32. The van der Waals surface area contributed by atoms with Gasteiger partial charge in [-0.15, -0.1) is 0 Å². The van der Waals surface area contributed by atoms with Gasteiger partial charge >= 0.3 is 0 Å². The van der Waals surface area contributed by atoms with Gasteiger partial charge in [0.2, 0.25) is 0 Å². The highest BCUT2D eigenvalue weighted by Gasteiger charge is 2.12. The smallest absolute Gasteiger partial charge is 0.0462 e. The molecule has 166 valence electrons. The first-order valence-electron chi connectivity index (χ1n) is 11.8. The molecule has 0 radical (unpaired) electrons. The molecule has 4 rings (SSSR count). The Balaban J connectivity index is 1.69. The fourth-order valence-electron chi connectivity index (χ4n) is 4.21. The van der Waals surface area contributed by atoms with E-state index in [9.17, 15) is 0 Å². The summed E-state index contributed by atoms with van der Waals surface area (Å²) in [5.74, 6) is 0. The Bertz CT molecular complexity index is 1200. The second-order valence-corrected chi connectivity index (χ2v) is 8.94. The fraction of sp³-hybridized carbons (Fsp3) is 0.188. The molecule has 0 spiro atoms. The molecule has 0 aliphatic carbocycles. The van der Waals surface area contributed by atoms with Gasteiger partial charge < -0.3 is 4.90 Å². The van der Waals surface area contributed by atoms with E-state index in [1.165, 1.54) is 39.0 Å². The van der Waals surface area contributed by atoms with Crippen LogP contribution in [0.1, 0.15) is 47.2 Å². The van der Waals surface area contributed by atoms with Crippen LogP contribution in [0.25, 0.3) is 11.6 Å². The van der Waals surface area contributed by atoms with E-state index >= 15 is 0 Å². The maximum atomic E-state index is 2.32. The van der Waals surface area contributed by atoms with E-state index in [0.717, 1.165) is 23.5 Å². The third kappa shape index (κ3) is 5.26. The van der Waals surface area contributed by atoms with Crippen molar-refractivity contribution in [1.82, 2.24) is 0 Å². The van der Waals surface area contributed by atoms with E-state index in [2.05, 4.69) is 137 Å². The third-order valence-electron chi connectivity index (χ3n) is 6.22. The fourth-order valence-corrected chi connectivity index (χ4v) is 4.21. The molecule has 0 heterocycles. The van der Waals surface area contributed by atoms with Crippen LogP contribution in [0.4, 0.5) is 17.1 Å². The number of anilines is 3. The number of hydrogen-bond acceptors (Lipinski definition) is 1. The number of allylic oxidation sites excluding steroid dienone is 1. The predicted molar refractivity (Wildman–Crippen MR) is 145 cm³/mol. The summed E-state index contributed by atoms with van der Waals surface area (Å²) in [5.41, 5.74) is 12.6. The van der Waals surface area contributed by atoms with Gasteiger partial charge in [0.15, 0.2) is 0 Å². The number of rotatable bonds is 6. The van der Waals surface area contributed by atoms with E-state index in [1.807, 2.05) is 0 Å². The quantitative estimate of drug-likeness (QED) is 0.275. The SMILES string of the molecule is CCc1cc(C)ccc1C=C(C)c1ccc(N(c2ccc(C)cc2)c2ccc(C)cc2)cc1. The average Bonchev–Trinajstić information content (AvgIpc) is 2.83. The van der Waals surface area contributed by atoms with Gasteiger partial charge in [-0.05, 0) is 92.8 Å². The lowest BCUT2D eigenvalue weighted by molar-refractivity contribution is 1.12. The maximum Gasteiger partial charge on any atom is 0.0462 e. The van der Waals surface area contributed by atoms with Crippen molar-refractivity contribution in [3.63, 3.8) is 0 Å². The molecule has 0 bridgehead atoms. The van der Waals surface area contributed by atoms with Gasteiger partial charge in [-0.2, -0.15) is 0 Å². The monoisotopic (exact) mass is 431 g/mol. The molecule has 0 amide bonds. The van der Waals surface area contributed by atoms with Gasteiger partial charge in [0.05, 0.1) is 0 Å². The first kappa shape index (κ1) is 22.6. The molecule has 0 unspecified atom stereocenters. The summed E-state index contributed by atoms with van der Waals surface area (Å²) in [6, 6.07) is 33.1. The summed E-state index contributed by atoms with van der Waals surface area (Å²) in [6.07, 6.45) is 3.35. The minimum Gasteiger partial charge on any atom is -0.311 e. The van der Waals surface area contributed by atoms with E-state index < -0.39 is 0 Å². The van der Waals surface area contributed by atoms with Gasteiger partial charge in [0.25, 0.3) is 0 Å². The molecule has 1 heteroatoms. The van der Waals surface area contributed by atoms with Gasteiger partial charge in [-0.25, -0.2) is 0 Å². The molecule has 0 fully saturated rings. The van der Waals surface area contributed by atoms with Crippen molar-refractivity contribution in [2.45, 2.75) is 41.0 Å². The second-order valence-electron chi connectivity index (χ2n) is 8.94. The zero-order chi connectivity index (χ0) is 23.4. The normalized spacial score (nSPS) is 11.5. The second kappa shape index (κ2) is 9.92. The highest BCUT2D eigenvalue weighted by Crippen LogP contribution is 2.35. The number of nitrogens with zero attached hydrogens (tertiary/aromatic N) is 1. The molecule has 4 aromatic rings. The Morgan fingerprint density at radius 1 is 0.636 bits per heavy atom. The summed E-state index contributed by atoms with van der Waals surface area (Å²) in [7, 11) is 0. The van der Waals surface area contributed by atoms with Crippen LogP contribution in [-0.2, 0) is 6.42 Å². The Hall–Kier alpha value is -3.58. The first-order chi connectivity index (χ1) is 15.9. The summed E-state index contributed by atoms with van der Waals surface area (Å²) >= 11 is 0. The van der Waals surface area contributed by atoms with Crippen molar-refractivity contribution in [2.75, 3.05) is 4.90 Å². The topological polar surface area (TPSA) is 3.24 Å². The van der Waals surface area contributed by atoms with Crippen molar-refractivity contribution in [3.8, 4) is 0 Å². The molecule has 1 nitrogen and oxygen atoms in total. The lowest BCUT2D eigenvalue weighted by Crippen LogP contribution is -2.09. The lowest BCUT2D eigenvalue weighted by atomic mass is 9.98. The maximum absolute atomic E-state index is 2.32. The third-order valence-corrected chi connectivity index (χ3v) is 6.22. The zero-order valence-electron chi connectivity index (χ0n) is 20.4. The highest BCUT2D eigenvalue weighted by molar-refractivity contribution is 5.83. The average molecular weight is 432 g/mol. The van der Waals surface area contributed by atoms with Crippen molar-refractivity contribution >= 4 is 28.7 Å². The van der Waals surface area contributed by atoms with Crippen molar-refractivity contribution in [3.05, 3.63) is 124 Å². The van der Waals surface area contributed by atoms with E-state index in [0.29, 0.717) is 0 Å². The number of hydrogen-bond donors (Lipinski definition) is 0. The molecule has 4 aromatic carbocycles. The molecule has 33 heavy (non-hydrogen) atoms. The molecule has 0 saturated carbocycles. The van der Waals surface area contributed by atoms with Crippen LogP contribution in [0.5, 0.6) is 0 Å². The van der Waals surface area contributed by atoms with Gasteiger partial charge in [-0.1, -0.05) is 84.3 Å². The van der Waals surface area contributed by atoms with Crippen molar-refractivity contribution in [2.24, 2.45) is 0 Å². The number of aryl methyl sites for hydroxylation is 4. The zero-order valence-corrected chi connectivity index (χ0v) is 20.4. The van der Waals surface area contributed by atoms with Crippen molar-refractivity contribution in [1.29, 1.82) is 0 Å². The Morgan fingerprint density at radius 2 is 1.09 bits per heavy atom. The van der Waals surface area contributed by atoms with Crippen LogP contribution >= 0.6 is 0 Å². The van der Waals surface area contributed by atoms with Crippen LogP contribution in [0, 0.1) is 20.8 Å². The van der Waals surface area contributed by atoms with Gasteiger partial charge in [0.1, 0.15) is 0 Å². The Morgan fingerprint density at radius 3 is 1.58 bits per heavy atom. The van der Waals surface area contributed by atoms with Crippen LogP contribution in [0.3, 0.4) is 0 Å². The van der Waals surface area contributed by atoms with Gasteiger partial charge in [0, 0.05) is 17.1 Å². The molecule has 0 N–H and O–H groups in total. The molecular formula is C32H33N. The van der Waals surface area contributed by atoms with E-state index in [1.54, 1.807) is 0 Å². The molecule has 0 aliphatic rings. The Labute approximate surface area is 199 Å². The van der Waals surface area contributed by atoms with Crippen LogP contribution < -0.4 is 4.90 Å². The highest BCUT2D eigenvalue weighted by atomic mass is 15.1.